The highest BCUT2D eigenvalue weighted by Gasteiger charge is 2.17. The second-order valence-corrected chi connectivity index (χ2v) is 8.25. The minimum atomic E-state index is -0.773. The normalized spacial score (nSPS) is 11.0. The summed E-state index contributed by atoms with van der Waals surface area (Å²) in [6, 6.07) is 20.1. The van der Waals surface area contributed by atoms with Crippen molar-refractivity contribution in [3.05, 3.63) is 98.4 Å². The first-order valence-electron chi connectivity index (χ1n) is 9.43. The van der Waals surface area contributed by atoms with Crippen LogP contribution >= 0.6 is 31.9 Å². The monoisotopic (exact) mass is 554 g/mol. The molecule has 160 valence electrons. The van der Waals surface area contributed by atoms with Crippen molar-refractivity contribution >= 4 is 49.6 Å². The molecule has 0 aliphatic heterocycles. The molecule has 0 N–H and O–H groups in total. The smallest absolute Gasteiger partial charge is 0.343 e. The van der Waals surface area contributed by atoms with Crippen molar-refractivity contribution in [2.45, 2.75) is 13.0 Å². The summed E-state index contributed by atoms with van der Waals surface area (Å²) >= 11 is 6.66. The van der Waals surface area contributed by atoms with Crippen LogP contribution in [0.3, 0.4) is 0 Å². The van der Waals surface area contributed by atoms with Gasteiger partial charge in [0.05, 0.1) is 20.1 Å². The molecule has 0 aromatic heterocycles. The lowest BCUT2D eigenvalue weighted by atomic mass is 10.1. The molecule has 0 aliphatic rings. The molecule has 0 fully saturated rings. The largest absolute Gasteiger partial charge is 0.446 e. The van der Waals surface area contributed by atoms with Crippen LogP contribution in [0.15, 0.2) is 81.7 Å². The van der Waals surface area contributed by atoms with Crippen LogP contribution in [0.5, 0.6) is 5.75 Å². The molecule has 32 heavy (non-hydrogen) atoms. The minimum absolute atomic E-state index is 0.244. The number of carbonyl (C=O) groups excluding carboxylic acids is 3. The van der Waals surface area contributed by atoms with E-state index >= 15 is 0 Å². The van der Waals surface area contributed by atoms with E-state index in [4.69, 9.17) is 9.47 Å². The van der Waals surface area contributed by atoms with Gasteiger partial charge in [0.25, 0.3) is 0 Å². The molecule has 0 heterocycles. The number of hydrogen-bond donors (Lipinski definition) is 0. The Morgan fingerprint density at radius 1 is 0.781 bits per heavy atom. The predicted molar refractivity (Wildman–Crippen MR) is 127 cm³/mol. The maximum atomic E-state index is 12.5. The van der Waals surface area contributed by atoms with Crippen LogP contribution in [0.2, 0.25) is 0 Å². The lowest BCUT2D eigenvalue weighted by Gasteiger charge is -2.10. The molecule has 1 atom stereocenters. The van der Waals surface area contributed by atoms with Gasteiger partial charge < -0.3 is 9.47 Å². The quantitative estimate of drug-likeness (QED) is 0.130. The Morgan fingerprint density at radius 2 is 1.28 bits per heavy atom. The number of hydrogen-bond acceptors (Lipinski definition) is 5. The summed E-state index contributed by atoms with van der Waals surface area (Å²) in [6.45, 7) is 1.58. The molecular weight excluding hydrogens is 540 g/mol. The minimum Gasteiger partial charge on any atom is -0.446 e. The van der Waals surface area contributed by atoms with E-state index in [9.17, 15) is 14.4 Å². The topological polar surface area (TPSA) is 69.7 Å². The second-order valence-electron chi connectivity index (χ2n) is 6.54. The number of ketones is 1. The van der Waals surface area contributed by atoms with Gasteiger partial charge >= 0.3 is 11.9 Å². The van der Waals surface area contributed by atoms with Crippen LogP contribution in [0, 0.1) is 11.8 Å². The van der Waals surface area contributed by atoms with E-state index in [2.05, 4.69) is 43.7 Å². The SMILES string of the molecule is CC(C#CC(=O)c1cc(Br)c(OC(=O)c2ccccc2)c(Br)c1)OC(=O)c1ccccc1. The van der Waals surface area contributed by atoms with E-state index in [1.807, 2.05) is 0 Å². The van der Waals surface area contributed by atoms with Gasteiger partial charge in [-0.05, 0) is 81.1 Å². The highest BCUT2D eigenvalue weighted by Crippen LogP contribution is 2.35. The first kappa shape index (κ1) is 23.5. The van der Waals surface area contributed by atoms with E-state index in [0.717, 1.165) is 0 Å². The van der Waals surface area contributed by atoms with Gasteiger partial charge in [0.1, 0.15) is 0 Å². The molecule has 1 unspecified atom stereocenters. The molecule has 0 bridgehead atoms. The van der Waals surface area contributed by atoms with Crippen LogP contribution < -0.4 is 4.74 Å². The third kappa shape index (κ3) is 6.16. The molecule has 3 rings (SSSR count). The number of Topliss-reactive ketones (excluding diaryl/α,β-unsaturated/α-hetero) is 1. The number of carbonyl (C=O) groups is 3. The summed E-state index contributed by atoms with van der Waals surface area (Å²) < 4.78 is 11.5. The Kier molecular flexibility index (Phi) is 7.98. The first-order chi connectivity index (χ1) is 15.3. The molecule has 0 radical (unpaired) electrons. The average Bonchev–Trinajstić information content (AvgIpc) is 2.80. The lowest BCUT2D eigenvalue weighted by Crippen LogP contribution is -2.13. The summed E-state index contributed by atoms with van der Waals surface area (Å²) in [5.74, 6) is 3.83. The number of benzene rings is 3. The van der Waals surface area contributed by atoms with Crippen molar-refractivity contribution in [3.63, 3.8) is 0 Å². The third-order valence-electron chi connectivity index (χ3n) is 4.15. The van der Waals surface area contributed by atoms with Crippen LogP contribution in [0.4, 0.5) is 0 Å². The molecule has 0 aliphatic carbocycles. The highest BCUT2D eigenvalue weighted by molar-refractivity contribution is 9.11. The van der Waals surface area contributed by atoms with E-state index in [1.165, 1.54) is 12.1 Å². The summed E-state index contributed by atoms with van der Waals surface area (Å²) in [4.78, 5) is 36.9. The lowest BCUT2D eigenvalue weighted by molar-refractivity contribution is 0.0437. The fourth-order valence-corrected chi connectivity index (χ4v) is 3.93. The Bertz CT molecular complexity index is 1190. The zero-order chi connectivity index (χ0) is 23.1. The van der Waals surface area contributed by atoms with Gasteiger partial charge in [0.2, 0.25) is 5.78 Å². The van der Waals surface area contributed by atoms with E-state index < -0.39 is 23.8 Å². The fraction of sp³-hybridized carbons (Fsp3) is 0.0800. The fourth-order valence-electron chi connectivity index (χ4n) is 2.59. The van der Waals surface area contributed by atoms with Crippen molar-refractivity contribution in [3.8, 4) is 17.6 Å². The van der Waals surface area contributed by atoms with Gasteiger partial charge in [-0.25, -0.2) is 9.59 Å². The summed E-state index contributed by atoms with van der Waals surface area (Å²) in [5, 5.41) is 0. The molecule has 0 spiro atoms. The van der Waals surface area contributed by atoms with E-state index in [-0.39, 0.29) is 11.3 Å². The first-order valence-corrected chi connectivity index (χ1v) is 11.0. The van der Waals surface area contributed by atoms with Gasteiger partial charge in [-0.3, -0.25) is 4.79 Å². The molecule has 0 saturated heterocycles. The zero-order valence-corrected chi connectivity index (χ0v) is 20.0. The maximum absolute atomic E-state index is 12.5. The Morgan fingerprint density at radius 3 is 1.81 bits per heavy atom. The van der Waals surface area contributed by atoms with Crippen molar-refractivity contribution in [2.75, 3.05) is 0 Å². The van der Waals surface area contributed by atoms with Crippen LogP contribution in [-0.2, 0) is 4.74 Å². The van der Waals surface area contributed by atoms with Crippen molar-refractivity contribution < 1.29 is 23.9 Å². The second kappa shape index (κ2) is 10.9. The van der Waals surface area contributed by atoms with Gasteiger partial charge in [0, 0.05) is 5.56 Å². The van der Waals surface area contributed by atoms with E-state index in [0.29, 0.717) is 20.1 Å². The Hall–Kier alpha value is -3.21. The molecule has 0 saturated carbocycles. The van der Waals surface area contributed by atoms with Gasteiger partial charge in [0.15, 0.2) is 11.9 Å². The molecule has 7 heteroatoms. The zero-order valence-electron chi connectivity index (χ0n) is 16.8. The third-order valence-corrected chi connectivity index (χ3v) is 5.33. The molecular formula is C25H16Br2O5. The predicted octanol–water partition coefficient (Wildman–Crippen LogP) is 5.86. The van der Waals surface area contributed by atoms with Crippen molar-refractivity contribution in [2.24, 2.45) is 0 Å². The van der Waals surface area contributed by atoms with Crippen LogP contribution in [0.25, 0.3) is 0 Å². The Balaban J connectivity index is 1.69. The number of esters is 2. The van der Waals surface area contributed by atoms with E-state index in [1.54, 1.807) is 67.6 Å². The average molecular weight is 556 g/mol. The molecule has 3 aromatic carbocycles. The number of ether oxygens (including phenoxy) is 2. The van der Waals surface area contributed by atoms with Crippen molar-refractivity contribution in [1.29, 1.82) is 0 Å². The van der Waals surface area contributed by atoms with Crippen LogP contribution in [-0.4, -0.2) is 23.8 Å². The number of halogens is 2. The molecule has 5 nitrogen and oxygen atoms in total. The standard InChI is InChI=1S/C25H16Br2O5/c1-16(31-24(29)17-8-4-2-5-9-17)12-13-22(28)19-14-20(26)23(21(27)15-19)32-25(30)18-10-6-3-7-11-18/h2-11,14-16H,1H3. The summed E-state index contributed by atoms with van der Waals surface area (Å²) in [5.41, 5.74) is 1.08. The highest BCUT2D eigenvalue weighted by atomic mass is 79.9. The van der Waals surface area contributed by atoms with Crippen molar-refractivity contribution in [1.82, 2.24) is 0 Å². The van der Waals surface area contributed by atoms with Gasteiger partial charge in [-0.15, -0.1) is 0 Å². The van der Waals surface area contributed by atoms with Gasteiger partial charge in [-0.2, -0.15) is 0 Å². The summed E-state index contributed by atoms with van der Waals surface area (Å²) in [7, 11) is 0. The maximum Gasteiger partial charge on any atom is 0.343 e. The Labute approximate surface area is 202 Å². The molecule has 0 amide bonds. The van der Waals surface area contributed by atoms with Crippen LogP contribution in [0.1, 0.15) is 38.0 Å². The number of rotatable bonds is 5. The molecule has 3 aromatic rings. The van der Waals surface area contributed by atoms with Gasteiger partial charge in [-0.1, -0.05) is 42.3 Å². The summed E-state index contributed by atoms with van der Waals surface area (Å²) in [6.07, 6.45) is -0.773.